The first-order valence-electron chi connectivity index (χ1n) is 10.8. The summed E-state index contributed by atoms with van der Waals surface area (Å²) in [6.07, 6.45) is 1.45. The van der Waals surface area contributed by atoms with E-state index in [1.165, 1.54) is 4.90 Å². The van der Waals surface area contributed by atoms with E-state index < -0.39 is 28.5 Å². The van der Waals surface area contributed by atoms with Crippen LogP contribution in [0.4, 0.5) is 5.69 Å². The summed E-state index contributed by atoms with van der Waals surface area (Å²) in [5, 5.41) is 3.25. The van der Waals surface area contributed by atoms with E-state index in [-0.39, 0.29) is 12.5 Å². The molecule has 0 spiro atoms. The molecule has 33 heavy (non-hydrogen) atoms. The van der Waals surface area contributed by atoms with E-state index in [4.69, 9.17) is 11.6 Å². The summed E-state index contributed by atoms with van der Waals surface area (Å²) in [7, 11) is -3.78. The van der Waals surface area contributed by atoms with Gasteiger partial charge in [0.25, 0.3) is 0 Å². The third kappa shape index (κ3) is 7.20. The van der Waals surface area contributed by atoms with Gasteiger partial charge in [0.05, 0.1) is 11.9 Å². The van der Waals surface area contributed by atoms with E-state index in [0.717, 1.165) is 21.7 Å². The van der Waals surface area contributed by atoms with Gasteiger partial charge in [-0.3, -0.25) is 13.9 Å². The second-order valence-electron chi connectivity index (χ2n) is 8.03. The first kappa shape index (κ1) is 26.7. The number of sulfonamides is 1. The smallest absolute Gasteiger partial charge is 0.244 e. The topological polar surface area (TPSA) is 86.8 Å². The zero-order valence-corrected chi connectivity index (χ0v) is 21.3. The Morgan fingerprint density at radius 1 is 1.09 bits per heavy atom. The van der Waals surface area contributed by atoms with Crippen molar-refractivity contribution in [2.75, 3.05) is 23.7 Å². The van der Waals surface area contributed by atoms with Crippen LogP contribution >= 0.6 is 11.6 Å². The van der Waals surface area contributed by atoms with E-state index in [0.29, 0.717) is 29.2 Å². The van der Waals surface area contributed by atoms with Crippen molar-refractivity contribution in [2.45, 2.75) is 46.7 Å². The molecule has 2 aromatic rings. The summed E-state index contributed by atoms with van der Waals surface area (Å²) < 4.78 is 26.4. The van der Waals surface area contributed by atoms with Crippen LogP contribution in [0, 0.1) is 13.8 Å². The van der Waals surface area contributed by atoms with Gasteiger partial charge < -0.3 is 10.2 Å². The zero-order valence-electron chi connectivity index (χ0n) is 19.8. The second-order valence-corrected chi connectivity index (χ2v) is 10.4. The minimum absolute atomic E-state index is 0.188. The molecule has 0 aromatic heterocycles. The summed E-state index contributed by atoms with van der Waals surface area (Å²) in [5.74, 6) is -0.732. The molecule has 0 aliphatic rings. The molecule has 1 N–H and O–H groups in total. The predicted molar refractivity (Wildman–Crippen MR) is 133 cm³/mol. The number of nitrogens with zero attached hydrogens (tertiary/aromatic N) is 2. The van der Waals surface area contributed by atoms with Crippen molar-refractivity contribution in [1.82, 2.24) is 10.2 Å². The fourth-order valence-corrected chi connectivity index (χ4v) is 4.85. The monoisotopic (exact) mass is 493 g/mol. The number of carbonyl (C=O) groups is 2. The molecule has 0 unspecified atom stereocenters. The highest BCUT2D eigenvalue weighted by molar-refractivity contribution is 7.92. The highest BCUT2D eigenvalue weighted by Crippen LogP contribution is 2.26. The van der Waals surface area contributed by atoms with Crippen LogP contribution in [-0.4, -0.2) is 50.5 Å². The van der Waals surface area contributed by atoms with Crippen LogP contribution in [0.15, 0.2) is 42.5 Å². The Morgan fingerprint density at radius 2 is 1.79 bits per heavy atom. The normalized spacial score (nSPS) is 12.2. The first-order valence-corrected chi connectivity index (χ1v) is 13.1. The largest absolute Gasteiger partial charge is 0.355 e. The molecule has 0 fully saturated rings. The fourth-order valence-electron chi connectivity index (χ4n) is 3.71. The maximum absolute atomic E-state index is 13.6. The van der Waals surface area contributed by atoms with Crippen LogP contribution in [0.3, 0.4) is 0 Å². The summed E-state index contributed by atoms with van der Waals surface area (Å²) >= 11 is 6.03. The van der Waals surface area contributed by atoms with Crippen molar-refractivity contribution in [2.24, 2.45) is 0 Å². The average molecular weight is 494 g/mol. The lowest BCUT2D eigenvalue weighted by Gasteiger charge is -2.33. The Kier molecular flexibility index (Phi) is 9.31. The van der Waals surface area contributed by atoms with Crippen LogP contribution in [0.1, 0.15) is 37.0 Å². The maximum atomic E-state index is 13.6. The van der Waals surface area contributed by atoms with Crippen LogP contribution in [0.5, 0.6) is 0 Å². The SMILES string of the molecule is CCNC(=O)[C@@H](CC)N(Cc1cccc(C)c1)C(=O)CN(c1ccc(Cl)cc1C)S(C)(=O)=O. The van der Waals surface area contributed by atoms with Crippen LogP contribution in [0.25, 0.3) is 0 Å². The van der Waals surface area contributed by atoms with Crippen molar-refractivity contribution in [3.05, 3.63) is 64.2 Å². The molecular weight excluding hydrogens is 462 g/mol. The molecule has 2 rings (SSSR count). The van der Waals surface area contributed by atoms with Crippen LogP contribution in [-0.2, 0) is 26.2 Å². The molecule has 7 nitrogen and oxygen atoms in total. The average Bonchev–Trinajstić information content (AvgIpc) is 2.71. The maximum Gasteiger partial charge on any atom is 0.244 e. The highest BCUT2D eigenvalue weighted by atomic mass is 35.5. The summed E-state index contributed by atoms with van der Waals surface area (Å²) in [5.41, 5.74) is 2.89. The highest BCUT2D eigenvalue weighted by Gasteiger charge is 2.31. The molecule has 0 saturated carbocycles. The Morgan fingerprint density at radius 3 is 2.33 bits per heavy atom. The van der Waals surface area contributed by atoms with Gasteiger partial charge in [-0.05, 0) is 56.5 Å². The molecule has 0 bridgehead atoms. The lowest BCUT2D eigenvalue weighted by molar-refractivity contribution is -0.140. The van der Waals surface area contributed by atoms with Gasteiger partial charge in [0.2, 0.25) is 21.8 Å². The molecule has 0 radical (unpaired) electrons. The number of hydrogen-bond acceptors (Lipinski definition) is 4. The quantitative estimate of drug-likeness (QED) is 0.547. The summed E-state index contributed by atoms with van der Waals surface area (Å²) in [6, 6.07) is 11.8. The van der Waals surface area contributed by atoms with E-state index in [9.17, 15) is 18.0 Å². The third-order valence-corrected chi connectivity index (χ3v) is 6.64. The molecular formula is C24H32ClN3O4S. The molecule has 2 amide bonds. The number of nitrogens with one attached hydrogen (secondary N) is 1. The summed E-state index contributed by atoms with van der Waals surface area (Å²) in [6.45, 7) is 7.52. The van der Waals surface area contributed by atoms with E-state index >= 15 is 0 Å². The number of carbonyl (C=O) groups excluding carboxylic acids is 2. The van der Waals surface area contributed by atoms with Gasteiger partial charge in [-0.2, -0.15) is 0 Å². The van der Waals surface area contributed by atoms with Gasteiger partial charge in [-0.1, -0.05) is 48.4 Å². The number of benzene rings is 2. The van der Waals surface area contributed by atoms with E-state index in [1.54, 1.807) is 25.1 Å². The minimum Gasteiger partial charge on any atom is -0.355 e. The van der Waals surface area contributed by atoms with Crippen LogP contribution < -0.4 is 9.62 Å². The second kappa shape index (κ2) is 11.5. The van der Waals surface area contributed by atoms with Gasteiger partial charge in [-0.15, -0.1) is 0 Å². The lowest BCUT2D eigenvalue weighted by Crippen LogP contribution is -2.52. The molecule has 2 aromatic carbocycles. The van der Waals surface area contributed by atoms with Crippen molar-refractivity contribution >= 4 is 39.1 Å². The van der Waals surface area contributed by atoms with E-state index in [1.807, 2.05) is 45.0 Å². The fraction of sp³-hybridized carbons (Fsp3) is 0.417. The van der Waals surface area contributed by atoms with Gasteiger partial charge in [0.15, 0.2) is 0 Å². The Bertz CT molecular complexity index is 1100. The number of rotatable bonds is 10. The Labute approximate surface area is 201 Å². The number of halogens is 1. The predicted octanol–water partition coefficient (Wildman–Crippen LogP) is 3.67. The zero-order chi connectivity index (χ0) is 24.8. The number of likely N-dealkylation sites (N-methyl/N-ethyl adjacent to an activating group) is 1. The van der Waals surface area contributed by atoms with Gasteiger partial charge in [0, 0.05) is 18.1 Å². The van der Waals surface area contributed by atoms with Crippen LogP contribution in [0.2, 0.25) is 5.02 Å². The number of anilines is 1. The molecule has 1 atom stereocenters. The molecule has 180 valence electrons. The van der Waals surface area contributed by atoms with Gasteiger partial charge in [0.1, 0.15) is 12.6 Å². The molecule has 0 aliphatic carbocycles. The third-order valence-electron chi connectivity index (χ3n) is 5.28. The van der Waals surface area contributed by atoms with Crippen molar-refractivity contribution in [3.8, 4) is 0 Å². The van der Waals surface area contributed by atoms with E-state index in [2.05, 4.69) is 5.32 Å². The standard InChI is InChI=1S/C24H32ClN3O4S/c1-6-21(24(30)26-7-2)27(15-19-10-8-9-17(3)13-19)23(29)16-28(33(5,31)32)22-12-11-20(25)14-18(22)4/h8-14,21H,6-7,15-16H2,1-5H3,(H,26,30)/t21-/m1/s1. The van der Waals surface area contributed by atoms with Crippen molar-refractivity contribution in [3.63, 3.8) is 0 Å². The summed E-state index contributed by atoms with van der Waals surface area (Å²) in [4.78, 5) is 27.8. The number of aryl methyl sites for hydroxylation is 2. The minimum atomic E-state index is -3.78. The number of amides is 2. The molecule has 0 heterocycles. The van der Waals surface area contributed by atoms with Crippen molar-refractivity contribution < 1.29 is 18.0 Å². The molecule has 0 aliphatic heterocycles. The Balaban J connectivity index is 2.46. The number of hydrogen-bond donors (Lipinski definition) is 1. The lowest BCUT2D eigenvalue weighted by atomic mass is 10.1. The molecule has 0 saturated heterocycles. The van der Waals surface area contributed by atoms with Crippen molar-refractivity contribution in [1.29, 1.82) is 0 Å². The Hall–Kier alpha value is -2.58. The molecule has 9 heteroatoms. The first-order chi connectivity index (χ1) is 15.5. The van der Waals surface area contributed by atoms with Gasteiger partial charge in [-0.25, -0.2) is 8.42 Å². The van der Waals surface area contributed by atoms with Gasteiger partial charge >= 0.3 is 0 Å².